The van der Waals surface area contributed by atoms with Gasteiger partial charge in [0.15, 0.2) is 0 Å². The second-order valence-electron chi connectivity index (χ2n) is 3.68. The fourth-order valence-corrected chi connectivity index (χ4v) is 1.42. The fraction of sp³-hybridized carbons (Fsp3) is 0.385. The first-order valence-electron chi connectivity index (χ1n) is 5.89. The molecule has 2 aromatic rings. The summed E-state index contributed by atoms with van der Waals surface area (Å²) in [6.45, 7) is 2.20. The van der Waals surface area contributed by atoms with Crippen LogP contribution in [0.5, 0.6) is 5.75 Å². The average Bonchev–Trinajstić information content (AvgIpc) is 2.97. The van der Waals surface area contributed by atoms with Crippen LogP contribution in [0.2, 0.25) is 0 Å². The van der Waals surface area contributed by atoms with Crippen molar-refractivity contribution in [1.29, 1.82) is 0 Å². The smallest absolute Gasteiger partial charge is 0.306 e. The van der Waals surface area contributed by atoms with Crippen LogP contribution >= 0.6 is 0 Å². The lowest BCUT2D eigenvalue weighted by atomic mass is 10.2. The quantitative estimate of drug-likeness (QED) is 0.674. The molecule has 0 saturated carbocycles. The van der Waals surface area contributed by atoms with Crippen molar-refractivity contribution >= 4 is 0 Å². The van der Waals surface area contributed by atoms with E-state index in [0.717, 1.165) is 11.3 Å². The molecule has 0 N–H and O–H groups in total. The maximum Gasteiger partial charge on any atom is 0.306 e. The van der Waals surface area contributed by atoms with Crippen LogP contribution in [0.1, 0.15) is 0 Å². The highest BCUT2D eigenvalue weighted by Gasteiger charge is 2.03. The molecule has 0 aliphatic rings. The lowest BCUT2D eigenvalue weighted by Crippen LogP contribution is -2.09. The van der Waals surface area contributed by atoms with E-state index in [9.17, 15) is 0 Å². The first kappa shape index (κ1) is 13.5. The van der Waals surface area contributed by atoms with E-state index in [4.69, 9.17) is 18.6 Å². The Morgan fingerprint density at radius 1 is 1.11 bits per heavy atom. The lowest BCUT2D eigenvalue weighted by molar-refractivity contribution is 0.0544. The Balaban J connectivity index is 1.73. The molecular weight excluding hydrogens is 248 g/mol. The second-order valence-corrected chi connectivity index (χ2v) is 3.68. The van der Waals surface area contributed by atoms with E-state index >= 15 is 0 Å². The number of aromatic nitrogens is 2. The van der Waals surface area contributed by atoms with Gasteiger partial charge in [0.2, 0.25) is 5.89 Å². The minimum atomic E-state index is 0.439. The molecule has 0 unspecified atom stereocenters. The summed E-state index contributed by atoms with van der Waals surface area (Å²) >= 11 is 0. The van der Waals surface area contributed by atoms with Crippen LogP contribution < -0.4 is 4.74 Å². The van der Waals surface area contributed by atoms with Crippen LogP contribution in [-0.4, -0.2) is 43.7 Å². The van der Waals surface area contributed by atoms with Crippen LogP contribution in [0, 0.1) is 6.39 Å². The summed E-state index contributed by atoms with van der Waals surface area (Å²) in [6, 6.07) is 7.38. The van der Waals surface area contributed by atoms with Gasteiger partial charge in [0.05, 0.1) is 19.8 Å². The normalized spacial score (nSPS) is 10.6. The largest absolute Gasteiger partial charge is 0.491 e. The van der Waals surface area contributed by atoms with Crippen molar-refractivity contribution < 1.29 is 18.6 Å². The molecule has 0 aliphatic heterocycles. The molecule has 0 fully saturated rings. The van der Waals surface area contributed by atoms with E-state index in [1.807, 2.05) is 24.3 Å². The summed E-state index contributed by atoms with van der Waals surface area (Å²) in [7, 11) is 1.64. The van der Waals surface area contributed by atoms with Crippen molar-refractivity contribution in [2.75, 3.05) is 33.5 Å². The molecule has 19 heavy (non-hydrogen) atoms. The summed E-state index contributed by atoms with van der Waals surface area (Å²) in [5, 5.41) is 7.28. The lowest BCUT2D eigenvalue weighted by Gasteiger charge is -2.07. The topological polar surface area (TPSA) is 66.6 Å². The van der Waals surface area contributed by atoms with Crippen molar-refractivity contribution in [3.63, 3.8) is 0 Å². The summed E-state index contributed by atoms with van der Waals surface area (Å²) in [4.78, 5) is 0. The van der Waals surface area contributed by atoms with Crippen molar-refractivity contribution in [2.24, 2.45) is 0 Å². The average molecular weight is 263 g/mol. The summed E-state index contributed by atoms with van der Waals surface area (Å²) in [6.07, 6.45) is 2.31. The number of ether oxygens (including phenoxy) is 3. The zero-order valence-electron chi connectivity index (χ0n) is 10.7. The monoisotopic (exact) mass is 263 g/mol. The van der Waals surface area contributed by atoms with E-state index in [-0.39, 0.29) is 0 Å². The van der Waals surface area contributed by atoms with Crippen LogP contribution in [0.15, 0.2) is 28.7 Å². The number of rotatable bonds is 8. The number of hydrogen-bond donors (Lipinski definition) is 0. The Hall–Kier alpha value is -1.92. The molecule has 0 bridgehead atoms. The molecule has 0 atom stereocenters. The Morgan fingerprint density at radius 3 is 2.58 bits per heavy atom. The van der Waals surface area contributed by atoms with Gasteiger partial charge in [0.25, 0.3) is 0 Å². The van der Waals surface area contributed by atoms with Crippen LogP contribution in [0.3, 0.4) is 0 Å². The molecule has 0 amide bonds. The number of benzene rings is 1. The van der Waals surface area contributed by atoms with Crippen molar-refractivity contribution in [3.8, 4) is 17.2 Å². The fourth-order valence-electron chi connectivity index (χ4n) is 1.42. The van der Waals surface area contributed by atoms with Crippen LogP contribution in [0.25, 0.3) is 11.5 Å². The first-order valence-corrected chi connectivity index (χ1v) is 5.89. The molecular formula is C13H15N2O4. The van der Waals surface area contributed by atoms with Crippen molar-refractivity contribution in [2.45, 2.75) is 0 Å². The second kappa shape index (κ2) is 7.50. The molecule has 1 heterocycles. The Kier molecular flexibility index (Phi) is 5.33. The highest BCUT2D eigenvalue weighted by atomic mass is 16.5. The minimum absolute atomic E-state index is 0.439. The summed E-state index contributed by atoms with van der Waals surface area (Å²) in [5.41, 5.74) is 0.831. The zero-order chi connectivity index (χ0) is 13.3. The zero-order valence-corrected chi connectivity index (χ0v) is 10.7. The maximum atomic E-state index is 5.52. The molecule has 0 aliphatic carbocycles. The van der Waals surface area contributed by atoms with Gasteiger partial charge in [-0.05, 0) is 24.3 Å². The minimum Gasteiger partial charge on any atom is -0.491 e. The first-order chi connectivity index (χ1) is 9.40. The molecule has 2 rings (SSSR count). The van der Waals surface area contributed by atoms with Gasteiger partial charge < -0.3 is 18.6 Å². The molecule has 1 aromatic heterocycles. The third kappa shape index (κ3) is 4.35. The van der Waals surface area contributed by atoms with Gasteiger partial charge >= 0.3 is 6.39 Å². The number of nitrogens with zero attached hydrogens (tertiary/aromatic N) is 2. The van der Waals surface area contributed by atoms with Crippen LogP contribution in [0.4, 0.5) is 0 Å². The maximum absolute atomic E-state index is 5.52. The van der Waals surface area contributed by atoms with E-state index in [2.05, 4.69) is 16.6 Å². The van der Waals surface area contributed by atoms with Gasteiger partial charge in [-0.15, -0.1) is 10.2 Å². The van der Waals surface area contributed by atoms with E-state index in [0.29, 0.717) is 32.3 Å². The molecule has 6 heteroatoms. The molecule has 0 spiro atoms. The SMILES string of the molecule is COCCOCCOc1ccc(-c2nn[c]o2)cc1. The van der Waals surface area contributed by atoms with Crippen molar-refractivity contribution in [3.05, 3.63) is 30.7 Å². The highest BCUT2D eigenvalue weighted by molar-refractivity contribution is 5.53. The Bertz CT molecular complexity index is 456. The van der Waals surface area contributed by atoms with Gasteiger partial charge in [-0.3, -0.25) is 0 Å². The predicted molar refractivity (Wildman–Crippen MR) is 66.8 cm³/mol. The highest BCUT2D eigenvalue weighted by Crippen LogP contribution is 2.19. The van der Waals surface area contributed by atoms with Crippen LogP contribution in [-0.2, 0) is 9.47 Å². The molecule has 6 nitrogen and oxygen atoms in total. The standard InChI is InChI=1S/C13H15N2O4/c1-16-6-7-17-8-9-18-12-4-2-11(3-5-12)13-15-14-10-19-13/h2-5H,6-9H2,1H3. The van der Waals surface area contributed by atoms with E-state index < -0.39 is 0 Å². The van der Waals surface area contributed by atoms with Gasteiger partial charge in [-0.1, -0.05) is 0 Å². The Morgan fingerprint density at radius 2 is 1.89 bits per heavy atom. The molecule has 0 saturated heterocycles. The van der Waals surface area contributed by atoms with Gasteiger partial charge in [-0.2, -0.15) is 0 Å². The number of hydrogen-bond acceptors (Lipinski definition) is 6. The molecule has 1 radical (unpaired) electrons. The predicted octanol–water partition coefficient (Wildman–Crippen LogP) is 1.58. The molecule has 101 valence electrons. The Labute approximate surface area is 111 Å². The third-order valence-electron chi connectivity index (χ3n) is 2.35. The van der Waals surface area contributed by atoms with Gasteiger partial charge in [0, 0.05) is 12.7 Å². The van der Waals surface area contributed by atoms with Gasteiger partial charge in [-0.25, -0.2) is 0 Å². The number of methoxy groups -OCH3 is 1. The van der Waals surface area contributed by atoms with E-state index in [1.54, 1.807) is 7.11 Å². The summed E-state index contributed by atoms with van der Waals surface area (Å²) < 4.78 is 20.7. The van der Waals surface area contributed by atoms with E-state index in [1.165, 1.54) is 0 Å². The van der Waals surface area contributed by atoms with Gasteiger partial charge in [0.1, 0.15) is 12.4 Å². The third-order valence-corrected chi connectivity index (χ3v) is 2.35. The molecule has 1 aromatic carbocycles. The summed E-state index contributed by atoms with van der Waals surface area (Å²) in [5.74, 6) is 1.21. The van der Waals surface area contributed by atoms with Crippen molar-refractivity contribution in [1.82, 2.24) is 10.2 Å².